The number of fused-ring (bicyclic) bond motifs is 2. The zero-order chi connectivity index (χ0) is 20.7. The van der Waals surface area contributed by atoms with Gasteiger partial charge in [0.1, 0.15) is 24.5 Å². The quantitative estimate of drug-likeness (QED) is 0.475. The molecule has 2 atom stereocenters. The molecule has 2 aromatic rings. The van der Waals surface area contributed by atoms with E-state index in [-0.39, 0.29) is 41.6 Å². The molecule has 1 saturated carbocycles. The number of aromatic hydroxyl groups is 1. The fourth-order valence-corrected chi connectivity index (χ4v) is 4.25. The second kappa shape index (κ2) is 7.35. The highest BCUT2D eigenvalue weighted by Gasteiger charge is 2.48. The van der Waals surface area contributed by atoms with Crippen molar-refractivity contribution >= 4 is 28.8 Å². The maximum Gasteiger partial charge on any atom is 0.336 e. The molecule has 1 saturated heterocycles. The van der Waals surface area contributed by atoms with E-state index in [4.69, 9.17) is 9.15 Å². The van der Waals surface area contributed by atoms with Crippen LogP contribution in [-0.2, 0) is 25.7 Å². The van der Waals surface area contributed by atoms with Gasteiger partial charge >= 0.3 is 11.6 Å². The SMILES string of the molecule is Cc1c(O)ccc2c(COC(=O)CN3C(=O)[C@@H]4CCCC[C@H]4C3=O)cc(=O)oc12. The van der Waals surface area contributed by atoms with Gasteiger partial charge in [-0.3, -0.25) is 19.3 Å². The minimum absolute atomic E-state index is 0.0117. The van der Waals surface area contributed by atoms with Crippen molar-refractivity contribution < 1.29 is 28.6 Å². The minimum atomic E-state index is -0.720. The molecule has 0 bridgehead atoms. The first kappa shape index (κ1) is 19.2. The number of ether oxygens (including phenoxy) is 1. The predicted molar refractivity (Wildman–Crippen MR) is 101 cm³/mol. The van der Waals surface area contributed by atoms with Crippen LogP contribution in [0.2, 0.25) is 0 Å². The van der Waals surface area contributed by atoms with Crippen LogP contribution in [0.4, 0.5) is 0 Å². The molecule has 2 amide bonds. The summed E-state index contributed by atoms with van der Waals surface area (Å²) in [7, 11) is 0. The molecule has 2 fully saturated rings. The van der Waals surface area contributed by atoms with E-state index in [1.165, 1.54) is 12.1 Å². The Morgan fingerprint density at radius 3 is 2.48 bits per heavy atom. The monoisotopic (exact) mass is 399 g/mol. The highest BCUT2D eigenvalue weighted by molar-refractivity contribution is 6.07. The molecular weight excluding hydrogens is 378 g/mol. The van der Waals surface area contributed by atoms with Gasteiger partial charge in [-0.15, -0.1) is 0 Å². The maximum absolute atomic E-state index is 12.5. The first-order valence-corrected chi connectivity index (χ1v) is 9.63. The van der Waals surface area contributed by atoms with E-state index in [1.807, 2.05) is 0 Å². The van der Waals surface area contributed by atoms with E-state index < -0.39 is 18.1 Å². The number of carbonyl (C=O) groups excluding carboxylic acids is 3. The van der Waals surface area contributed by atoms with Gasteiger partial charge < -0.3 is 14.3 Å². The number of phenolic OH excluding ortho intramolecular Hbond substituents is 1. The Hall–Kier alpha value is -3.16. The lowest BCUT2D eigenvalue weighted by Gasteiger charge is -2.19. The number of hydrogen-bond donors (Lipinski definition) is 1. The van der Waals surface area contributed by atoms with Gasteiger partial charge in [0.05, 0.1) is 11.8 Å². The Morgan fingerprint density at radius 2 is 1.83 bits per heavy atom. The molecule has 0 unspecified atom stereocenters. The number of aryl methyl sites for hydroxylation is 1. The molecule has 2 heterocycles. The molecule has 8 heteroatoms. The van der Waals surface area contributed by atoms with Crippen molar-refractivity contribution in [2.45, 2.75) is 39.2 Å². The summed E-state index contributed by atoms with van der Waals surface area (Å²) in [5.41, 5.74) is 0.410. The topological polar surface area (TPSA) is 114 Å². The lowest BCUT2D eigenvalue weighted by atomic mass is 9.81. The average molecular weight is 399 g/mol. The molecule has 0 spiro atoms. The van der Waals surface area contributed by atoms with Crippen LogP contribution >= 0.6 is 0 Å². The highest BCUT2D eigenvalue weighted by Crippen LogP contribution is 2.37. The van der Waals surface area contributed by atoms with Gasteiger partial charge in [-0.25, -0.2) is 4.79 Å². The smallest absolute Gasteiger partial charge is 0.336 e. The van der Waals surface area contributed by atoms with Crippen LogP contribution in [-0.4, -0.2) is 34.3 Å². The van der Waals surface area contributed by atoms with Gasteiger partial charge in [0.2, 0.25) is 11.8 Å². The first-order valence-electron chi connectivity index (χ1n) is 9.63. The number of nitrogens with zero attached hydrogens (tertiary/aromatic N) is 1. The number of likely N-dealkylation sites (tertiary alicyclic amines) is 1. The van der Waals surface area contributed by atoms with E-state index in [1.54, 1.807) is 13.0 Å². The molecule has 8 nitrogen and oxygen atoms in total. The second-order valence-electron chi connectivity index (χ2n) is 7.60. The number of rotatable bonds is 4. The first-order chi connectivity index (χ1) is 13.9. The Balaban J connectivity index is 1.48. The number of esters is 1. The fourth-order valence-electron chi connectivity index (χ4n) is 4.25. The van der Waals surface area contributed by atoms with Crippen LogP contribution in [0.5, 0.6) is 5.75 Å². The van der Waals surface area contributed by atoms with E-state index in [0.717, 1.165) is 17.7 Å². The van der Waals surface area contributed by atoms with Crippen molar-refractivity contribution in [2.24, 2.45) is 11.8 Å². The summed E-state index contributed by atoms with van der Waals surface area (Å²) in [5.74, 6) is -1.96. The van der Waals surface area contributed by atoms with Crippen molar-refractivity contribution in [3.05, 3.63) is 39.7 Å². The van der Waals surface area contributed by atoms with Gasteiger partial charge in [-0.2, -0.15) is 0 Å². The molecule has 1 aliphatic carbocycles. The fraction of sp³-hybridized carbons (Fsp3) is 0.429. The third-order valence-corrected chi connectivity index (χ3v) is 5.83. The lowest BCUT2D eigenvalue weighted by Crippen LogP contribution is -2.36. The number of phenols is 1. The molecule has 2 aliphatic rings. The van der Waals surface area contributed by atoms with E-state index in [9.17, 15) is 24.3 Å². The van der Waals surface area contributed by atoms with Crippen LogP contribution in [0.3, 0.4) is 0 Å². The summed E-state index contributed by atoms with van der Waals surface area (Å²) >= 11 is 0. The zero-order valence-corrected chi connectivity index (χ0v) is 16.0. The predicted octanol–water partition coefficient (Wildman–Crippen LogP) is 2.03. The summed E-state index contributed by atoms with van der Waals surface area (Å²) in [6, 6.07) is 4.25. The van der Waals surface area contributed by atoms with Crippen LogP contribution in [0.1, 0.15) is 36.8 Å². The number of benzene rings is 1. The minimum Gasteiger partial charge on any atom is -0.508 e. The van der Waals surface area contributed by atoms with Gasteiger partial charge in [0.25, 0.3) is 0 Å². The molecule has 1 aliphatic heterocycles. The molecule has 1 N–H and O–H groups in total. The standard InChI is InChI=1S/C21H21NO7/c1-11-16(23)7-6-13-12(8-17(24)29-19(11)13)10-28-18(25)9-22-20(26)14-4-2-3-5-15(14)21(22)27/h6-8,14-15,23H,2-5,9-10H2,1H3/t14-,15-/m1/s1. The Kier molecular flexibility index (Phi) is 4.86. The summed E-state index contributed by atoms with van der Waals surface area (Å²) in [5, 5.41) is 10.3. The van der Waals surface area contributed by atoms with Crippen LogP contribution in [0.15, 0.2) is 27.4 Å². The molecular formula is C21H21NO7. The van der Waals surface area contributed by atoms with E-state index in [2.05, 4.69) is 0 Å². The number of carbonyl (C=O) groups is 3. The van der Waals surface area contributed by atoms with Gasteiger partial charge in [-0.1, -0.05) is 12.8 Å². The lowest BCUT2D eigenvalue weighted by molar-refractivity contribution is -0.153. The van der Waals surface area contributed by atoms with Crippen molar-refractivity contribution in [3.8, 4) is 5.75 Å². The van der Waals surface area contributed by atoms with E-state index in [0.29, 0.717) is 29.4 Å². The largest absolute Gasteiger partial charge is 0.508 e. The normalized spacial score (nSPS) is 21.5. The van der Waals surface area contributed by atoms with Crippen molar-refractivity contribution in [2.75, 3.05) is 6.54 Å². The summed E-state index contributed by atoms with van der Waals surface area (Å²) in [4.78, 5) is 50.1. The van der Waals surface area contributed by atoms with Crippen molar-refractivity contribution in [1.29, 1.82) is 0 Å². The van der Waals surface area contributed by atoms with Crippen LogP contribution in [0.25, 0.3) is 11.0 Å². The van der Waals surface area contributed by atoms with Gasteiger partial charge in [-0.05, 0) is 31.9 Å². The summed E-state index contributed by atoms with van der Waals surface area (Å²) in [6.07, 6.45) is 3.19. The Morgan fingerprint density at radius 1 is 1.17 bits per heavy atom. The highest BCUT2D eigenvalue weighted by atomic mass is 16.5. The number of amides is 2. The zero-order valence-electron chi connectivity index (χ0n) is 16.0. The maximum atomic E-state index is 12.5. The number of imide groups is 1. The average Bonchev–Trinajstić information content (AvgIpc) is 2.94. The third kappa shape index (κ3) is 3.39. The molecule has 1 aromatic heterocycles. The summed E-state index contributed by atoms with van der Waals surface area (Å²) < 4.78 is 10.4. The van der Waals surface area contributed by atoms with Crippen LogP contribution < -0.4 is 5.63 Å². The third-order valence-electron chi connectivity index (χ3n) is 5.83. The molecule has 4 rings (SSSR count). The molecule has 0 radical (unpaired) electrons. The molecule has 29 heavy (non-hydrogen) atoms. The van der Waals surface area contributed by atoms with Crippen molar-refractivity contribution in [3.63, 3.8) is 0 Å². The van der Waals surface area contributed by atoms with Gasteiger partial charge in [0, 0.05) is 22.6 Å². The molecule has 152 valence electrons. The second-order valence-corrected chi connectivity index (χ2v) is 7.60. The Bertz CT molecular complexity index is 1050. The summed E-state index contributed by atoms with van der Waals surface area (Å²) in [6.45, 7) is 0.971. The van der Waals surface area contributed by atoms with E-state index >= 15 is 0 Å². The molecule has 1 aromatic carbocycles. The number of hydrogen-bond acceptors (Lipinski definition) is 7. The Labute approximate surface area is 166 Å². The van der Waals surface area contributed by atoms with Crippen LogP contribution in [0, 0.1) is 18.8 Å². The van der Waals surface area contributed by atoms with Gasteiger partial charge in [0.15, 0.2) is 0 Å². The van der Waals surface area contributed by atoms with Crippen molar-refractivity contribution in [1.82, 2.24) is 4.90 Å².